The summed E-state index contributed by atoms with van der Waals surface area (Å²) in [6.45, 7) is 2.42. The van der Waals surface area contributed by atoms with Crippen molar-refractivity contribution in [3.63, 3.8) is 0 Å². The first kappa shape index (κ1) is 7.22. The smallest absolute Gasteiger partial charge is 0.0312 e. The molecule has 0 N–H and O–H groups in total. The molecule has 60 valence electrons. The van der Waals surface area contributed by atoms with Gasteiger partial charge in [0.05, 0.1) is 0 Å². The van der Waals surface area contributed by atoms with Crippen molar-refractivity contribution in [1.29, 1.82) is 0 Å². The molecule has 0 heterocycles. The summed E-state index contributed by atoms with van der Waals surface area (Å²) in [5, 5.41) is 0. The molecule has 0 aromatic heterocycles. The van der Waals surface area contributed by atoms with Crippen LogP contribution in [0.5, 0.6) is 0 Å². The van der Waals surface area contributed by atoms with E-state index in [1.807, 2.05) is 0 Å². The van der Waals surface area contributed by atoms with E-state index >= 15 is 0 Å². The summed E-state index contributed by atoms with van der Waals surface area (Å²) in [7, 11) is 0. The molecule has 0 atom stereocenters. The largest absolute Gasteiger partial charge is 0.120 e. The van der Waals surface area contributed by atoms with Gasteiger partial charge >= 0.3 is 0 Å². The first-order chi connectivity index (χ1) is 5.18. The molecule has 0 saturated heterocycles. The number of hydrogen-bond acceptors (Lipinski definition) is 0. The van der Waals surface area contributed by atoms with Gasteiger partial charge in [-0.1, -0.05) is 12.8 Å². The average molecular weight is 148 g/mol. The van der Waals surface area contributed by atoms with Gasteiger partial charge in [0.2, 0.25) is 0 Å². The summed E-state index contributed by atoms with van der Waals surface area (Å²) in [6.07, 6.45) is 13.6. The van der Waals surface area contributed by atoms with Crippen LogP contribution < -0.4 is 0 Å². The second kappa shape index (κ2) is 2.03. The van der Waals surface area contributed by atoms with Gasteiger partial charge in [0, 0.05) is 5.41 Å². The summed E-state index contributed by atoms with van der Waals surface area (Å²) in [5.41, 5.74) is 0.996. The zero-order valence-electron chi connectivity index (χ0n) is 7.32. The minimum Gasteiger partial charge on any atom is -0.120 e. The van der Waals surface area contributed by atoms with Gasteiger partial charge in [-0.25, -0.2) is 0 Å². The SMILES string of the molecule is C#CC12CCC(C)(CC1)CC2. The van der Waals surface area contributed by atoms with E-state index in [1.165, 1.54) is 38.5 Å². The summed E-state index contributed by atoms with van der Waals surface area (Å²) < 4.78 is 0. The topological polar surface area (TPSA) is 0 Å². The van der Waals surface area contributed by atoms with E-state index in [4.69, 9.17) is 6.42 Å². The van der Waals surface area contributed by atoms with Crippen molar-refractivity contribution in [2.24, 2.45) is 10.8 Å². The third kappa shape index (κ3) is 0.984. The Labute approximate surface area is 69.4 Å². The molecule has 0 heteroatoms. The van der Waals surface area contributed by atoms with Gasteiger partial charge in [-0.15, -0.1) is 6.42 Å². The predicted octanol–water partition coefficient (Wildman–Crippen LogP) is 2.98. The van der Waals surface area contributed by atoms with Crippen LogP contribution in [0.2, 0.25) is 0 Å². The number of fused-ring (bicyclic) bond motifs is 3. The van der Waals surface area contributed by atoms with E-state index in [0.29, 0.717) is 10.8 Å². The fourth-order valence-electron chi connectivity index (χ4n) is 2.59. The molecule has 0 aliphatic heterocycles. The highest BCUT2D eigenvalue weighted by atomic mass is 14.5. The molecule has 0 amide bonds. The fourth-order valence-corrected chi connectivity index (χ4v) is 2.59. The third-order valence-corrected chi connectivity index (χ3v) is 3.93. The predicted molar refractivity (Wildman–Crippen MR) is 47.1 cm³/mol. The lowest BCUT2D eigenvalue weighted by Gasteiger charge is -2.49. The second-order valence-electron chi connectivity index (χ2n) is 4.74. The van der Waals surface area contributed by atoms with E-state index in [1.54, 1.807) is 0 Å². The van der Waals surface area contributed by atoms with Crippen molar-refractivity contribution < 1.29 is 0 Å². The summed E-state index contributed by atoms with van der Waals surface area (Å²) >= 11 is 0. The van der Waals surface area contributed by atoms with Crippen LogP contribution in [0, 0.1) is 23.2 Å². The molecule has 0 aromatic carbocycles. The van der Waals surface area contributed by atoms with Crippen molar-refractivity contribution in [1.82, 2.24) is 0 Å². The Bertz CT molecular complexity index is 182. The maximum Gasteiger partial charge on any atom is 0.0312 e. The van der Waals surface area contributed by atoms with Crippen molar-refractivity contribution in [3.05, 3.63) is 0 Å². The van der Waals surface area contributed by atoms with Crippen LogP contribution in [0.4, 0.5) is 0 Å². The average Bonchev–Trinajstić information content (AvgIpc) is 2.07. The molecule has 3 saturated carbocycles. The quantitative estimate of drug-likeness (QED) is 0.463. The molecular formula is C11H16. The van der Waals surface area contributed by atoms with E-state index in [0.717, 1.165) is 0 Å². The minimum atomic E-state index is 0.331. The Hall–Kier alpha value is -0.440. The van der Waals surface area contributed by atoms with Gasteiger partial charge in [0.25, 0.3) is 0 Å². The number of terminal acetylenes is 1. The highest BCUT2D eigenvalue weighted by Gasteiger charge is 2.44. The van der Waals surface area contributed by atoms with Crippen LogP contribution >= 0.6 is 0 Å². The zero-order chi connectivity index (χ0) is 7.95. The van der Waals surface area contributed by atoms with E-state index in [9.17, 15) is 0 Å². The molecule has 3 fully saturated rings. The van der Waals surface area contributed by atoms with E-state index in [-0.39, 0.29) is 0 Å². The Balaban J connectivity index is 2.20. The molecule has 2 bridgehead atoms. The molecule has 0 nitrogen and oxygen atoms in total. The fraction of sp³-hybridized carbons (Fsp3) is 0.818. The highest BCUT2D eigenvalue weighted by Crippen LogP contribution is 2.56. The van der Waals surface area contributed by atoms with Gasteiger partial charge in [0.1, 0.15) is 0 Å². The van der Waals surface area contributed by atoms with Gasteiger partial charge in [-0.3, -0.25) is 0 Å². The monoisotopic (exact) mass is 148 g/mol. The van der Waals surface area contributed by atoms with E-state index < -0.39 is 0 Å². The van der Waals surface area contributed by atoms with Crippen molar-refractivity contribution >= 4 is 0 Å². The summed E-state index contributed by atoms with van der Waals surface area (Å²) in [5.74, 6) is 3.02. The van der Waals surface area contributed by atoms with Gasteiger partial charge in [0.15, 0.2) is 0 Å². The van der Waals surface area contributed by atoms with Crippen molar-refractivity contribution in [3.8, 4) is 12.3 Å². The maximum absolute atomic E-state index is 5.57. The lowest BCUT2D eigenvalue weighted by Crippen LogP contribution is -2.38. The normalized spacial score (nSPS) is 48.7. The maximum atomic E-state index is 5.57. The van der Waals surface area contributed by atoms with Gasteiger partial charge < -0.3 is 0 Å². The minimum absolute atomic E-state index is 0.331. The highest BCUT2D eigenvalue weighted by molar-refractivity contribution is 5.12. The number of rotatable bonds is 0. The van der Waals surface area contributed by atoms with Gasteiger partial charge in [-0.05, 0) is 43.9 Å². The Morgan fingerprint density at radius 1 is 1.00 bits per heavy atom. The third-order valence-electron chi connectivity index (χ3n) is 3.93. The molecule has 3 aliphatic carbocycles. The Morgan fingerprint density at radius 2 is 1.45 bits per heavy atom. The molecule has 0 spiro atoms. The first-order valence-electron chi connectivity index (χ1n) is 4.66. The lowest BCUT2D eigenvalue weighted by molar-refractivity contribution is 0.0424. The standard InChI is InChI=1S/C11H16/c1-3-11-7-4-10(2,5-8-11)6-9-11/h1H,4-9H2,2H3. The zero-order valence-corrected chi connectivity index (χ0v) is 7.32. The Morgan fingerprint density at radius 3 is 1.82 bits per heavy atom. The summed E-state index contributed by atoms with van der Waals surface area (Å²) in [6, 6.07) is 0. The molecule has 3 rings (SSSR count). The first-order valence-corrected chi connectivity index (χ1v) is 4.66. The molecule has 11 heavy (non-hydrogen) atoms. The second-order valence-corrected chi connectivity index (χ2v) is 4.74. The number of hydrogen-bond donors (Lipinski definition) is 0. The van der Waals surface area contributed by atoms with Crippen LogP contribution in [0.15, 0.2) is 0 Å². The van der Waals surface area contributed by atoms with E-state index in [2.05, 4.69) is 12.8 Å². The van der Waals surface area contributed by atoms with Crippen LogP contribution in [-0.2, 0) is 0 Å². The van der Waals surface area contributed by atoms with Crippen LogP contribution in [-0.4, -0.2) is 0 Å². The van der Waals surface area contributed by atoms with Crippen LogP contribution in [0.25, 0.3) is 0 Å². The lowest BCUT2D eigenvalue weighted by atomic mass is 9.55. The molecule has 3 aliphatic rings. The molecule has 0 unspecified atom stereocenters. The molecule has 0 aromatic rings. The summed E-state index contributed by atoms with van der Waals surface area (Å²) in [4.78, 5) is 0. The Kier molecular flexibility index (Phi) is 1.34. The van der Waals surface area contributed by atoms with Crippen LogP contribution in [0.1, 0.15) is 45.4 Å². The molecular weight excluding hydrogens is 132 g/mol. The van der Waals surface area contributed by atoms with Crippen molar-refractivity contribution in [2.45, 2.75) is 45.4 Å². The van der Waals surface area contributed by atoms with Gasteiger partial charge in [-0.2, -0.15) is 0 Å². The molecule has 0 radical (unpaired) electrons. The van der Waals surface area contributed by atoms with Crippen LogP contribution in [0.3, 0.4) is 0 Å². The van der Waals surface area contributed by atoms with Crippen molar-refractivity contribution in [2.75, 3.05) is 0 Å².